The smallest absolute Gasteiger partial charge is 0.0132 e. The van der Waals surface area contributed by atoms with E-state index in [9.17, 15) is 0 Å². The Balaban J connectivity index is 2.84. The minimum absolute atomic E-state index is 0.257. The van der Waals surface area contributed by atoms with Gasteiger partial charge in [-0.2, -0.15) is 0 Å². The van der Waals surface area contributed by atoms with Gasteiger partial charge in [0, 0.05) is 0 Å². The van der Waals surface area contributed by atoms with Gasteiger partial charge in [0.2, 0.25) is 0 Å². The molecule has 14 heavy (non-hydrogen) atoms. The van der Waals surface area contributed by atoms with Gasteiger partial charge in [-0.05, 0) is 23.0 Å². The minimum atomic E-state index is 0.257. The molecule has 0 unspecified atom stereocenters. The van der Waals surface area contributed by atoms with Crippen molar-refractivity contribution in [3.05, 3.63) is 41.5 Å². The zero-order chi connectivity index (χ0) is 10.6. The Labute approximate surface area is 87.7 Å². The van der Waals surface area contributed by atoms with Crippen LogP contribution in [0.15, 0.2) is 30.3 Å². The molecule has 76 valence electrons. The lowest BCUT2D eigenvalue weighted by Gasteiger charge is -2.18. The SMILES string of the molecule is CC/C=C/c1ccc(C(C)(C)C)cc1. The number of benzene rings is 1. The summed E-state index contributed by atoms with van der Waals surface area (Å²) in [6, 6.07) is 8.81. The fourth-order valence-corrected chi connectivity index (χ4v) is 1.35. The third-order valence-corrected chi connectivity index (χ3v) is 2.32. The van der Waals surface area contributed by atoms with E-state index >= 15 is 0 Å². The second-order valence-corrected chi connectivity index (χ2v) is 4.68. The lowest BCUT2D eigenvalue weighted by Crippen LogP contribution is -2.10. The lowest BCUT2D eigenvalue weighted by atomic mass is 9.87. The maximum atomic E-state index is 2.24. The predicted molar refractivity (Wildman–Crippen MR) is 64.5 cm³/mol. The van der Waals surface area contributed by atoms with Crippen molar-refractivity contribution in [3.8, 4) is 0 Å². The Hall–Kier alpha value is -1.04. The van der Waals surface area contributed by atoms with Crippen molar-refractivity contribution in [1.82, 2.24) is 0 Å². The molecular weight excluding hydrogens is 168 g/mol. The van der Waals surface area contributed by atoms with E-state index in [1.165, 1.54) is 11.1 Å². The van der Waals surface area contributed by atoms with Crippen molar-refractivity contribution >= 4 is 6.08 Å². The molecule has 0 spiro atoms. The van der Waals surface area contributed by atoms with Gasteiger partial charge in [-0.3, -0.25) is 0 Å². The predicted octanol–water partition coefficient (Wildman–Crippen LogP) is 4.41. The molecular formula is C14H20. The average molecular weight is 188 g/mol. The normalized spacial score (nSPS) is 12.3. The first-order chi connectivity index (χ1) is 6.54. The van der Waals surface area contributed by atoms with Gasteiger partial charge in [-0.15, -0.1) is 0 Å². The summed E-state index contributed by atoms with van der Waals surface area (Å²) in [6.07, 6.45) is 5.46. The van der Waals surface area contributed by atoms with E-state index in [2.05, 4.69) is 64.1 Å². The molecule has 0 aromatic heterocycles. The molecule has 0 aliphatic rings. The highest BCUT2D eigenvalue weighted by Crippen LogP contribution is 2.22. The molecule has 0 heterocycles. The molecule has 0 bridgehead atoms. The van der Waals surface area contributed by atoms with Crippen molar-refractivity contribution in [2.45, 2.75) is 39.5 Å². The van der Waals surface area contributed by atoms with Crippen LogP contribution in [-0.4, -0.2) is 0 Å². The molecule has 0 saturated heterocycles. The first-order valence-corrected chi connectivity index (χ1v) is 5.31. The fourth-order valence-electron chi connectivity index (χ4n) is 1.35. The summed E-state index contributed by atoms with van der Waals surface area (Å²) in [5.41, 5.74) is 2.94. The van der Waals surface area contributed by atoms with E-state index in [0.717, 1.165) is 6.42 Å². The third kappa shape index (κ3) is 3.02. The number of allylic oxidation sites excluding steroid dienone is 1. The van der Waals surface area contributed by atoms with Crippen LogP contribution in [0.2, 0.25) is 0 Å². The van der Waals surface area contributed by atoms with E-state index in [4.69, 9.17) is 0 Å². The molecule has 1 aromatic rings. The number of hydrogen-bond donors (Lipinski definition) is 0. The van der Waals surface area contributed by atoms with E-state index in [1.807, 2.05) is 0 Å². The summed E-state index contributed by atoms with van der Waals surface area (Å²) in [4.78, 5) is 0. The highest BCUT2D eigenvalue weighted by atomic mass is 14.2. The van der Waals surface area contributed by atoms with Crippen molar-refractivity contribution in [1.29, 1.82) is 0 Å². The zero-order valence-electron chi connectivity index (χ0n) is 9.67. The number of rotatable bonds is 2. The molecule has 0 fully saturated rings. The molecule has 1 aromatic carbocycles. The summed E-state index contributed by atoms with van der Waals surface area (Å²) in [5, 5.41) is 0. The van der Waals surface area contributed by atoms with Crippen LogP contribution in [0.1, 0.15) is 45.2 Å². The van der Waals surface area contributed by atoms with Crippen LogP contribution in [0.4, 0.5) is 0 Å². The molecule has 1 rings (SSSR count). The van der Waals surface area contributed by atoms with Crippen LogP contribution in [0.25, 0.3) is 6.08 Å². The van der Waals surface area contributed by atoms with E-state index < -0.39 is 0 Å². The van der Waals surface area contributed by atoms with Gasteiger partial charge < -0.3 is 0 Å². The molecule has 0 saturated carbocycles. The Kier molecular flexibility index (Phi) is 3.51. The summed E-state index contributed by atoms with van der Waals surface area (Å²) < 4.78 is 0. The Morgan fingerprint density at radius 2 is 1.64 bits per heavy atom. The van der Waals surface area contributed by atoms with Gasteiger partial charge in [-0.1, -0.05) is 64.1 Å². The van der Waals surface area contributed by atoms with Gasteiger partial charge in [0.05, 0.1) is 0 Å². The highest BCUT2D eigenvalue weighted by Gasteiger charge is 2.12. The third-order valence-electron chi connectivity index (χ3n) is 2.32. The van der Waals surface area contributed by atoms with Gasteiger partial charge in [-0.25, -0.2) is 0 Å². The van der Waals surface area contributed by atoms with Crippen LogP contribution in [0, 0.1) is 0 Å². The van der Waals surface area contributed by atoms with Crippen LogP contribution in [0.5, 0.6) is 0 Å². The fraction of sp³-hybridized carbons (Fsp3) is 0.429. The Morgan fingerprint density at radius 1 is 1.07 bits per heavy atom. The molecule has 0 aliphatic carbocycles. The second kappa shape index (κ2) is 4.45. The van der Waals surface area contributed by atoms with Crippen LogP contribution < -0.4 is 0 Å². The van der Waals surface area contributed by atoms with Crippen molar-refractivity contribution in [3.63, 3.8) is 0 Å². The lowest BCUT2D eigenvalue weighted by molar-refractivity contribution is 0.590. The highest BCUT2D eigenvalue weighted by molar-refractivity contribution is 5.50. The largest absolute Gasteiger partial charge is 0.0842 e. The van der Waals surface area contributed by atoms with E-state index in [-0.39, 0.29) is 5.41 Å². The maximum Gasteiger partial charge on any atom is -0.0132 e. The first-order valence-electron chi connectivity index (χ1n) is 5.31. The Morgan fingerprint density at radius 3 is 2.07 bits per heavy atom. The van der Waals surface area contributed by atoms with Crippen molar-refractivity contribution in [2.24, 2.45) is 0 Å². The van der Waals surface area contributed by atoms with E-state index in [0.29, 0.717) is 0 Å². The minimum Gasteiger partial charge on any atom is -0.0842 e. The number of hydrogen-bond acceptors (Lipinski definition) is 0. The zero-order valence-corrected chi connectivity index (χ0v) is 9.67. The van der Waals surface area contributed by atoms with Gasteiger partial charge in [0.15, 0.2) is 0 Å². The standard InChI is InChI=1S/C14H20/c1-5-6-7-12-8-10-13(11-9-12)14(2,3)4/h6-11H,5H2,1-4H3/b7-6+. The second-order valence-electron chi connectivity index (χ2n) is 4.68. The van der Waals surface area contributed by atoms with Crippen LogP contribution in [0.3, 0.4) is 0 Å². The molecule has 0 atom stereocenters. The molecule has 0 radical (unpaired) electrons. The van der Waals surface area contributed by atoms with Crippen molar-refractivity contribution in [2.75, 3.05) is 0 Å². The Bertz CT molecular complexity index is 296. The summed E-state index contributed by atoms with van der Waals surface area (Å²) in [6.45, 7) is 8.87. The van der Waals surface area contributed by atoms with Crippen LogP contribution in [-0.2, 0) is 5.41 Å². The van der Waals surface area contributed by atoms with E-state index in [1.54, 1.807) is 0 Å². The molecule has 0 heteroatoms. The van der Waals surface area contributed by atoms with Crippen LogP contribution >= 0.6 is 0 Å². The monoisotopic (exact) mass is 188 g/mol. The molecule has 0 aliphatic heterocycles. The maximum absolute atomic E-state index is 2.24. The topological polar surface area (TPSA) is 0 Å². The molecule has 0 N–H and O–H groups in total. The summed E-state index contributed by atoms with van der Waals surface area (Å²) in [5.74, 6) is 0. The van der Waals surface area contributed by atoms with Gasteiger partial charge in [0.25, 0.3) is 0 Å². The molecule has 0 nitrogen and oxygen atoms in total. The first kappa shape index (κ1) is 11.0. The summed E-state index contributed by atoms with van der Waals surface area (Å²) >= 11 is 0. The average Bonchev–Trinajstić information content (AvgIpc) is 2.14. The summed E-state index contributed by atoms with van der Waals surface area (Å²) in [7, 11) is 0. The van der Waals surface area contributed by atoms with Gasteiger partial charge in [0.1, 0.15) is 0 Å². The quantitative estimate of drug-likeness (QED) is 0.645. The van der Waals surface area contributed by atoms with Gasteiger partial charge >= 0.3 is 0 Å². The van der Waals surface area contributed by atoms with Crippen molar-refractivity contribution < 1.29 is 0 Å². The molecule has 0 amide bonds.